The molecule has 40 heavy (non-hydrogen) atoms. The van der Waals surface area contributed by atoms with Crippen LogP contribution in [0.5, 0.6) is 5.75 Å². The molecule has 1 aromatic carbocycles. The third kappa shape index (κ3) is 5.77. The summed E-state index contributed by atoms with van der Waals surface area (Å²) in [4.78, 5) is 34.6. The van der Waals surface area contributed by atoms with Crippen molar-refractivity contribution in [2.75, 3.05) is 19.6 Å². The summed E-state index contributed by atoms with van der Waals surface area (Å²) in [5.41, 5.74) is 1.72. The minimum atomic E-state index is -2.99. The Kier molecular flexibility index (Phi) is 7.75. The van der Waals surface area contributed by atoms with Gasteiger partial charge in [0.2, 0.25) is 5.91 Å². The van der Waals surface area contributed by atoms with Crippen molar-refractivity contribution in [1.29, 1.82) is 0 Å². The van der Waals surface area contributed by atoms with Gasteiger partial charge in [-0.25, -0.2) is 4.98 Å². The Labute approximate surface area is 236 Å². The van der Waals surface area contributed by atoms with Crippen molar-refractivity contribution in [1.82, 2.24) is 19.4 Å². The topological polar surface area (TPSA) is 76.9 Å². The predicted molar refractivity (Wildman–Crippen MR) is 151 cm³/mol. The van der Waals surface area contributed by atoms with Crippen LogP contribution in [0.3, 0.4) is 0 Å². The second-order valence-corrected chi connectivity index (χ2v) is 17.9. The maximum atomic E-state index is 13.5. The van der Waals surface area contributed by atoms with E-state index in [1.807, 2.05) is 11.0 Å². The number of hydrogen-bond donors (Lipinski definition) is 0. The lowest BCUT2D eigenvalue weighted by atomic mass is 9.91. The van der Waals surface area contributed by atoms with E-state index in [2.05, 4.69) is 38.8 Å². The third-order valence-corrected chi connectivity index (χ3v) is 13.9. The highest BCUT2D eigenvalue weighted by atomic mass is 28.4. The monoisotopic (exact) mass is 576 g/mol. The summed E-state index contributed by atoms with van der Waals surface area (Å²) in [6.45, 7) is 9.18. The number of fused-ring (bicyclic) bond motifs is 1. The number of aromatic nitrogens is 2. The Morgan fingerprint density at radius 3 is 2.33 bits per heavy atom. The molecule has 0 unspecified atom stereocenters. The quantitative estimate of drug-likeness (QED) is 0.397. The number of piperazine rings is 1. The lowest BCUT2D eigenvalue weighted by molar-refractivity contribution is -0.138. The number of halogens is 2. The maximum Gasteiger partial charge on any atom is 0.387 e. The van der Waals surface area contributed by atoms with E-state index in [-0.39, 0.29) is 52.6 Å². The van der Waals surface area contributed by atoms with E-state index in [4.69, 9.17) is 9.16 Å². The lowest BCUT2D eigenvalue weighted by Crippen LogP contribution is -2.56. The van der Waals surface area contributed by atoms with Crippen LogP contribution in [-0.2, 0) is 16.3 Å². The Morgan fingerprint density at radius 1 is 1.07 bits per heavy atom. The first kappa shape index (κ1) is 29.0. The summed E-state index contributed by atoms with van der Waals surface area (Å²) in [7, 11) is -0.132. The van der Waals surface area contributed by atoms with Crippen molar-refractivity contribution in [2.45, 2.75) is 102 Å². The third-order valence-electron chi connectivity index (χ3n) is 9.33. The Morgan fingerprint density at radius 2 is 1.75 bits per heavy atom. The fourth-order valence-electron chi connectivity index (χ4n) is 5.76. The first-order valence-electron chi connectivity index (χ1n) is 14.5. The molecule has 3 aliphatic rings. The molecule has 5 rings (SSSR count). The largest absolute Gasteiger partial charge is 0.432 e. The Hall–Kier alpha value is -2.53. The van der Waals surface area contributed by atoms with Gasteiger partial charge in [-0.1, -0.05) is 20.8 Å². The van der Waals surface area contributed by atoms with E-state index >= 15 is 0 Å². The van der Waals surface area contributed by atoms with Gasteiger partial charge in [0.15, 0.2) is 19.9 Å². The van der Waals surface area contributed by atoms with Crippen molar-refractivity contribution in [3.63, 3.8) is 0 Å². The molecular weight excluding hydrogens is 534 g/mol. The van der Waals surface area contributed by atoms with Crippen LogP contribution in [-0.4, -0.2) is 77.9 Å². The molecule has 2 aromatic rings. The smallest absolute Gasteiger partial charge is 0.387 e. The molecule has 1 saturated heterocycles. The van der Waals surface area contributed by atoms with E-state index in [9.17, 15) is 18.4 Å². The number of rotatable bonds is 7. The second-order valence-electron chi connectivity index (χ2n) is 13.2. The molecule has 2 aliphatic carbocycles. The molecule has 8 nitrogen and oxygen atoms in total. The number of ether oxygens (including phenoxy) is 1. The molecule has 0 atom stereocenters. The highest BCUT2D eigenvalue weighted by molar-refractivity contribution is 6.74. The maximum absolute atomic E-state index is 13.5. The van der Waals surface area contributed by atoms with Crippen molar-refractivity contribution in [3.8, 4) is 5.75 Å². The van der Waals surface area contributed by atoms with Gasteiger partial charge in [0.1, 0.15) is 12.1 Å². The average Bonchev–Trinajstić information content (AvgIpc) is 3.67. The molecule has 1 aromatic heterocycles. The number of hydrogen-bond acceptors (Lipinski definition) is 5. The molecule has 0 N–H and O–H groups in total. The van der Waals surface area contributed by atoms with Crippen LogP contribution in [0.1, 0.15) is 81.4 Å². The first-order valence-corrected chi connectivity index (χ1v) is 17.4. The number of nitrogens with zero attached hydrogens (tertiary/aromatic N) is 4. The van der Waals surface area contributed by atoms with Crippen LogP contribution in [0.2, 0.25) is 18.1 Å². The molecule has 11 heteroatoms. The second kappa shape index (κ2) is 10.7. The van der Waals surface area contributed by atoms with Gasteiger partial charge in [-0.05, 0) is 80.3 Å². The van der Waals surface area contributed by atoms with Crippen LogP contribution in [0.25, 0.3) is 11.0 Å². The van der Waals surface area contributed by atoms with Gasteiger partial charge in [-0.15, -0.1) is 0 Å². The minimum absolute atomic E-state index is 0.0157. The number of amides is 2. The number of imidazole rings is 1. The van der Waals surface area contributed by atoms with E-state index in [0.717, 1.165) is 44.1 Å². The number of aryl methyl sites for hydroxylation is 1. The summed E-state index contributed by atoms with van der Waals surface area (Å²) in [6.07, 6.45) is 5.93. The zero-order valence-electron chi connectivity index (χ0n) is 24.5. The number of benzene rings is 1. The van der Waals surface area contributed by atoms with Crippen molar-refractivity contribution >= 4 is 31.2 Å². The highest BCUT2D eigenvalue weighted by Crippen LogP contribution is 2.43. The van der Waals surface area contributed by atoms with Crippen molar-refractivity contribution < 1.29 is 27.5 Å². The van der Waals surface area contributed by atoms with Crippen LogP contribution in [0.15, 0.2) is 12.1 Å². The van der Waals surface area contributed by atoms with E-state index in [0.29, 0.717) is 24.5 Å². The summed E-state index contributed by atoms with van der Waals surface area (Å²) < 4.78 is 39.3. The molecule has 0 radical (unpaired) electrons. The highest BCUT2D eigenvalue weighted by Gasteiger charge is 2.41. The molecule has 220 valence electrons. The SMILES string of the molecule is Cn1c(C(=O)N2CCN(C3CCC(O[Si](C)(C)C(C)(C)C)CC3)C(=O)C2)nc2c(OC(F)F)cc(C3CC3)cc21. The van der Waals surface area contributed by atoms with Gasteiger partial charge in [0, 0.05) is 32.3 Å². The summed E-state index contributed by atoms with van der Waals surface area (Å²) >= 11 is 0. The van der Waals surface area contributed by atoms with E-state index < -0.39 is 14.9 Å². The predicted octanol–water partition coefficient (Wildman–Crippen LogP) is 5.67. The van der Waals surface area contributed by atoms with Crippen LogP contribution in [0, 0.1) is 0 Å². The molecule has 3 fully saturated rings. The fraction of sp³-hybridized carbons (Fsp3) is 0.690. The molecule has 2 heterocycles. The van der Waals surface area contributed by atoms with Crippen LogP contribution < -0.4 is 4.74 Å². The number of carbonyl (C=O) groups excluding carboxylic acids is 2. The van der Waals surface area contributed by atoms with Crippen LogP contribution >= 0.6 is 0 Å². The molecule has 0 spiro atoms. The van der Waals surface area contributed by atoms with Gasteiger partial charge >= 0.3 is 6.61 Å². The van der Waals surface area contributed by atoms with E-state index in [1.54, 1.807) is 17.7 Å². The zero-order valence-corrected chi connectivity index (χ0v) is 25.5. The Bertz CT molecular complexity index is 1280. The normalized spacial score (nSPS) is 22.9. The minimum Gasteiger partial charge on any atom is -0.432 e. The summed E-state index contributed by atoms with van der Waals surface area (Å²) in [5, 5.41) is 0.165. The molecule has 0 bridgehead atoms. The van der Waals surface area contributed by atoms with Gasteiger partial charge < -0.3 is 23.5 Å². The zero-order chi connectivity index (χ0) is 29.0. The van der Waals surface area contributed by atoms with Gasteiger partial charge in [-0.3, -0.25) is 9.59 Å². The standard InChI is InChI=1S/C29H42F2N4O4Si/c1-29(2,3)40(5,6)39-21-11-9-20(10-12-21)35-14-13-34(17-24(35)36)27(37)26-32-25-22(33(26)4)15-19(18-7-8-18)16-23(25)38-28(30)31/h15-16,18,20-21,28H,7-14,17H2,1-6H3. The molecule has 2 saturated carbocycles. The van der Waals surface area contributed by atoms with Gasteiger partial charge in [0.25, 0.3) is 5.91 Å². The van der Waals surface area contributed by atoms with Gasteiger partial charge in [-0.2, -0.15) is 8.78 Å². The summed E-state index contributed by atoms with van der Waals surface area (Å²) in [6, 6.07) is 3.68. The fourth-order valence-corrected chi connectivity index (χ4v) is 7.18. The van der Waals surface area contributed by atoms with Crippen molar-refractivity contribution in [3.05, 3.63) is 23.5 Å². The lowest BCUT2D eigenvalue weighted by Gasteiger charge is -2.44. The first-order chi connectivity index (χ1) is 18.7. The summed E-state index contributed by atoms with van der Waals surface area (Å²) in [5.74, 6) is -0.0263. The number of carbonyl (C=O) groups is 2. The van der Waals surface area contributed by atoms with Crippen LogP contribution in [0.4, 0.5) is 8.78 Å². The number of alkyl halides is 2. The molecular formula is C29H42F2N4O4Si. The molecule has 2 amide bonds. The average molecular weight is 577 g/mol. The van der Waals surface area contributed by atoms with E-state index in [1.165, 1.54) is 4.90 Å². The molecule has 1 aliphatic heterocycles. The van der Waals surface area contributed by atoms with Crippen molar-refractivity contribution in [2.24, 2.45) is 7.05 Å². The Balaban J connectivity index is 1.24. The van der Waals surface area contributed by atoms with Gasteiger partial charge in [0.05, 0.1) is 5.52 Å².